The van der Waals surface area contributed by atoms with E-state index < -0.39 is 0 Å². The highest BCUT2D eigenvalue weighted by Crippen LogP contribution is 2.40. The van der Waals surface area contributed by atoms with Gasteiger partial charge in [0.1, 0.15) is 0 Å². The van der Waals surface area contributed by atoms with Crippen LogP contribution in [0.1, 0.15) is 50.6 Å². The molecular formula is C17H26N2. The molecule has 0 aromatic heterocycles. The minimum atomic E-state index is 0.429. The number of nitrogens with zero attached hydrogens (tertiary/aromatic N) is 1. The Morgan fingerprint density at radius 2 is 1.95 bits per heavy atom. The molecule has 104 valence electrons. The Hall–Kier alpha value is -1.02. The van der Waals surface area contributed by atoms with Crippen molar-refractivity contribution in [2.45, 2.75) is 51.1 Å². The Morgan fingerprint density at radius 1 is 1.16 bits per heavy atom. The topological polar surface area (TPSA) is 15.3 Å². The molecular weight excluding hydrogens is 232 g/mol. The van der Waals surface area contributed by atoms with Gasteiger partial charge in [0.05, 0.1) is 0 Å². The highest BCUT2D eigenvalue weighted by atomic mass is 15.2. The summed E-state index contributed by atoms with van der Waals surface area (Å²) >= 11 is 0. The minimum Gasteiger partial charge on any atom is -0.368 e. The van der Waals surface area contributed by atoms with Gasteiger partial charge < -0.3 is 10.2 Å². The molecule has 0 amide bonds. The molecule has 3 atom stereocenters. The van der Waals surface area contributed by atoms with E-state index in [4.69, 9.17) is 0 Å². The van der Waals surface area contributed by atoms with Gasteiger partial charge in [-0.1, -0.05) is 24.6 Å². The molecule has 1 aliphatic heterocycles. The molecule has 0 spiro atoms. The Kier molecular flexibility index (Phi) is 3.79. The first kappa shape index (κ1) is 13.0. The molecule has 2 heteroatoms. The number of anilines is 1. The van der Waals surface area contributed by atoms with Crippen LogP contribution in [0.25, 0.3) is 0 Å². The number of benzene rings is 1. The fraction of sp³-hybridized carbons (Fsp3) is 0.647. The molecule has 3 rings (SSSR count). The summed E-state index contributed by atoms with van der Waals surface area (Å²) in [6.07, 6.45) is 7.09. The molecule has 1 heterocycles. The molecule has 2 aliphatic rings. The van der Waals surface area contributed by atoms with Crippen molar-refractivity contribution < 1.29 is 0 Å². The lowest BCUT2D eigenvalue weighted by Gasteiger charge is -2.41. The van der Waals surface area contributed by atoms with E-state index in [1.165, 1.54) is 49.9 Å². The molecule has 1 saturated carbocycles. The van der Waals surface area contributed by atoms with Crippen LogP contribution in [-0.4, -0.2) is 19.6 Å². The molecule has 1 N–H and O–H groups in total. The number of rotatable bonds is 3. The Bertz CT molecular complexity index is 429. The van der Waals surface area contributed by atoms with Gasteiger partial charge in [0.2, 0.25) is 0 Å². The van der Waals surface area contributed by atoms with Gasteiger partial charge in [0, 0.05) is 24.3 Å². The SMILES string of the molecule is CNC(C)c1ccccc1N1CCCC2CCCC21. The van der Waals surface area contributed by atoms with Gasteiger partial charge in [0.15, 0.2) is 0 Å². The van der Waals surface area contributed by atoms with Crippen molar-refractivity contribution in [3.63, 3.8) is 0 Å². The largest absolute Gasteiger partial charge is 0.368 e. The van der Waals surface area contributed by atoms with Gasteiger partial charge in [-0.15, -0.1) is 0 Å². The summed E-state index contributed by atoms with van der Waals surface area (Å²) in [5.74, 6) is 0.951. The quantitative estimate of drug-likeness (QED) is 0.888. The number of piperidine rings is 1. The van der Waals surface area contributed by atoms with Gasteiger partial charge in [0.25, 0.3) is 0 Å². The van der Waals surface area contributed by atoms with E-state index in [9.17, 15) is 0 Å². The third kappa shape index (κ3) is 2.38. The first-order valence-electron chi connectivity index (χ1n) is 7.84. The molecule has 0 bridgehead atoms. The van der Waals surface area contributed by atoms with E-state index in [2.05, 4.69) is 48.5 Å². The Morgan fingerprint density at radius 3 is 2.79 bits per heavy atom. The molecule has 3 unspecified atom stereocenters. The average molecular weight is 258 g/mol. The van der Waals surface area contributed by atoms with Crippen LogP contribution in [0.5, 0.6) is 0 Å². The number of para-hydroxylation sites is 1. The summed E-state index contributed by atoms with van der Waals surface area (Å²) in [5.41, 5.74) is 2.93. The normalized spacial score (nSPS) is 28.2. The third-order valence-corrected chi connectivity index (χ3v) is 5.14. The fourth-order valence-electron chi connectivity index (χ4n) is 4.02. The van der Waals surface area contributed by atoms with Crippen LogP contribution in [0.4, 0.5) is 5.69 Å². The van der Waals surface area contributed by atoms with Crippen molar-refractivity contribution in [2.24, 2.45) is 5.92 Å². The van der Waals surface area contributed by atoms with Gasteiger partial charge in [-0.2, -0.15) is 0 Å². The monoisotopic (exact) mass is 258 g/mol. The van der Waals surface area contributed by atoms with Gasteiger partial charge in [-0.05, 0) is 57.2 Å². The second-order valence-corrected chi connectivity index (χ2v) is 6.16. The van der Waals surface area contributed by atoms with Crippen molar-refractivity contribution >= 4 is 5.69 Å². The van der Waals surface area contributed by atoms with Crippen molar-refractivity contribution in [1.29, 1.82) is 0 Å². The maximum atomic E-state index is 3.39. The molecule has 2 nitrogen and oxygen atoms in total. The standard InChI is InChI=1S/C17H26N2/c1-13(18-2)15-9-3-4-10-17(15)19-12-6-8-14-7-5-11-16(14)19/h3-4,9-10,13-14,16,18H,5-8,11-12H2,1-2H3. The van der Waals surface area contributed by atoms with Crippen LogP contribution in [-0.2, 0) is 0 Å². The Balaban J connectivity index is 1.92. The number of hydrogen-bond acceptors (Lipinski definition) is 2. The first-order valence-corrected chi connectivity index (χ1v) is 7.84. The third-order valence-electron chi connectivity index (χ3n) is 5.14. The summed E-state index contributed by atoms with van der Waals surface area (Å²) in [7, 11) is 2.05. The van der Waals surface area contributed by atoms with Gasteiger partial charge in [-0.25, -0.2) is 0 Å². The number of fused-ring (bicyclic) bond motifs is 1. The van der Waals surface area contributed by atoms with E-state index in [0.717, 1.165) is 12.0 Å². The zero-order valence-electron chi connectivity index (χ0n) is 12.2. The molecule has 2 fully saturated rings. The van der Waals surface area contributed by atoms with Crippen molar-refractivity contribution in [3.8, 4) is 0 Å². The van der Waals surface area contributed by atoms with Crippen LogP contribution in [0.2, 0.25) is 0 Å². The van der Waals surface area contributed by atoms with Crippen LogP contribution >= 0.6 is 0 Å². The predicted octanol–water partition coefficient (Wildman–Crippen LogP) is 3.74. The highest BCUT2D eigenvalue weighted by Gasteiger charge is 2.35. The molecule has 1 aliphatic carbocycles. The summed E-state index contributed by atoms with van der Waals surface area (Å²) in [5, 5.41) is 3.39. The summed E-state index contributed by atoms with van der Waals surface area (Å²) < 4.78 is 0. The van der Waals surface area contributed by atoms with Crippen LogP contribution in [0.3, 0.4) is 0 Å². The molecule has 19 heavy (non-hydrogen) atoms. The molecule has 1 saturated heterocycles. The minimum absolute atomic E-state index is 0.429. The number of hydrogen-bond donors (Lipinski definition) is 1. The summed E-state index contributed by atoms with van der Waals surface area (Å²) in [6, 6.07) is 10.2. The summed E-state index contributed by atoms with van der Waals surface area (Å²) in [6.45, 7) is 3.50. The van der Waals surface area contributed by atoms with E-state index in [1.807, 2.05) is 0 Å². The lowest BCUT2D eigenvalue weighted by atomic mass is 9.90. The fourth-order valence-corrected chi connectivity index (χ4v) is 4.02. The van der Waals surface area contributed by atoms with Crippen LogP contribution in [0.15, 0.2) is 24.3 Å². The van der Waals surface area contributed by atoms with Crippen molar-refractivity contribution in [1.82, 2.24) is 5.32 Å². The lowest BCUT2D eigenvalue weighted by molar-refractivity contribution is 0.361. The van der Waals surface area contributed by atoms with Gasteiger partial charge in [-0.3, -0.25) is 0 Å². The zero-order chi connectivity index (χ0) is 13.2. The van der Waals surface area contributed by atoms with E-state index in [-0.39, 0.29) is 0 Å². The maximum Gasteiger partial charge on any atom is 0.0417 e. The van der Waals surface area contributed by atoms with E-state index in [0.29, 0.717) is 6.04 Å². The van der Waals surface area contributed by atoms with Crippen molar-refractivity contribution in [3.05, 3.63) is 29.8 Å². The Labute approximate surface area is 117 Å². The smallest absolute Gasteiger partial charge is 0.0417 e. The van der Waals surface area contributed by atoms with E-state index >= 15 is 0 Å². The second-order valence-electron chi connectivity index (χ2n) is 6.16. The van der Waals surface area contributed by atoms with Crippen LogP contribution in [0, 0.1) is 5.92 Å². The zero-order valence-corrected chi connectivity index (χ0v) is 12.2. The van der Waals surface area contributed by atoms with Crippen molar-refractivity contribution in [2.75, 3.05) is 18.5 Å². The predicted molar refractivity (Wildman–Crippen MR) is 81.6 cm³/mol. The number of nitrogens with one attached hydrogen (secondary N) is 1. The lowest BCUT2D eigenvalue weighted by Crippen LogP contribution is -2.43. The average Bonchev–Trinajstić information content (AvgIpc) is 2.94. The maximum absolute atomic E-state index is 3.39. The molecule has 0 radical (unpaired) electrons. The second kappa shape index (κ2) is 5.54. The van der Waals surface area contributed by atoms with Crippen LogP contribution < -0.4 is 10.2 Å². The molecule has 1 aromatic carbocycles. The van der Waals surface area contributed by atoms with Gasteiger partial charge >= 0.3 is 0 Å². The first-order chi connectivity index (χ1) is 9.31. The van der Waals surface area contributed by atoms with E-state index in [1.54, 1.807) is 0 Å². The summed E-state index contributed by atoms with van der Waals surface area (Å²) in [4.78, 5) is 2.71. The molecule has 1 aromatic rings. The highest BCUT2D eigenvalue weighted by molar-refractivity contribution is 5.56.